The normalized spacial score (nSPS) is 46.1. The second-order valence-corrected chi connectivity index (χ2v) is 22.9. The summed E-state index contributed by atoms with van der Waals surface area (Å²) in [6.07, 6.45) is 0.302. The molecular weight excluding hydrogens is 214 g/mol. The molecule has 1 radical (unpaired) electrons. The lowest BCUT2D eigenvalue weighted by atomic mass is 12.0. The summed E-state index contributed by atoms with van der Waals surface area (Å²) in [5.41, 5.74) is 0. The van der Waals surface area contributed by atoms with Gasteiger partial charge in [0.1, 0.15) is 0 Å². The molecule has 49 valence electrons. The Morgan fingerprint density at radius 1 is 1.62 bits per heavy atom. The van der Waals surface area contributed by atoms with Crippen LogP contribution in [0.2, 0.25) is 0 Å². The molecule has 0 aromatic heterocycles. The Hall–Kier alpha value is 2.26. The van der Waals surface area contributed by atoms with E-state index in [-0.39, 0.29) is 0 Å². The Morgan fingerprint density at radius 3 is 2.25 bits per heavy atom. The first-order chi connectivity index (χ1) is 3.66. The van der Waals surface area contributed by atoms with E-state index in [0.29, 0.717) is 6.33 Å². The van der Waals surface area contributed by atoms with E-state index in [1.165, 1.54) is 0 Å². The van der Waals surface area contributed by atoms with Gasteiger partial charge in [0, 0.05) is 11.2 Å². The summed E-state index contributed by atoms with van der Waals surface area (Å²) in [4.78, 5) is -0.637. The van der Waals surface area contributed by atoms with Gasteiger partial charge in [-0.05, 0) is 13.3 Å². The van der Waals surface area contributed by atoms with Gasteiger partial charge in [-0.25, -0.2) is 0 Å². The Kier molecular flexibility index (Phi) is 3.25. The van der Waals surface area contributed by atoms with E-state index in [1.807, 2.05) is 0 Å². The number of thiol groups is 1. The average Bonchev–Trinajstić information content (AvgIpc) is 1.63. The predicted octanol–water partition coefficient (Wildman–Crippen LogP) is 4.38. The van der Waals surface area contributed by atoms with Crippen molar-refractivity contribution < 1.29 is 0 Å². The summed E-state index contributed by atoms with van der Waals surface area (Å²) >= 11 is 8.52. The molecule has 0 saturated carbocycles. The van der Waals surface area contributed by atoms with Crippen molar-refractivity contribution in [3.63, 3.8) is 0 Å². The van der Waals surface area contributed by atoms with Gasteiger partial charge in [-0.3, -0.25) is 0 Å². The highest BCUT2D eigenvalue weighted by Crippen LogP contribution is 3.09. The Labute approximate surface area is 68.3 Å². The van der Waals surface area contributed by atoms with Crippen LogP contribution in [0.3, 0.4) is 0 Å². The van der Waals surface area contributed by atoms with Crippen molar-refractivity contribution in [2.45, 2.75) is 0 Å². The first kappa shape index (κ1) is 8.36. The van der Waals surface area contributed by atoms with E-state index < -0.39 is 4.87 Å². The molecule has 0 bridgehead atoms. The third kappa shape index (κ3) is 1.87. The van der Waals surface area contributed by atoms with Crippen LogP contribution >= 0.6 is 55.3 Å². The fourth-order valence-electron chi connectivity index (χ4n) is 0.454. The Morgan fingerprint density at radius 2 is 2.12 bits per heavy atom. The standard InChI is InChI=1S/C2H7P2S4/c1-3-6-4(2,7-3)8-5/h5H,1-2H3. The maximum Gasteiger partial charge on any atom is 0.0452 e. The third-order valence-corrected chi connectivity index (χ3v) is 32.6. The maximum atomic E-state index is 4.21. The molecule has 1 aliphatic rings. The van der Waals surface area contributed by atoms with Gasteiger partial charge in [0.15, 0.2) is 0 Å². The van der Waals surface area contributed by atoms with Crippen molar-refractivity contribution in [1.82, 2.24) is 0 Å². The zero-order valence-corrected chi connectivity index (χ0v) is 9.70. The van der Waals surface area contributed by atoms with E-state index in [4.69, 9.17) is 0 Å². The Balaban J connectivity index is 2.30. The summed E-state index contributed by atoms with van der Waals surface area (Å²) in [6, 6.07) is 0. The minimum atomic E-state index is -0.637. The predicted molar refractivity (Wildman–Crippen MR) is 57.4 cm³/mol. The van der Waals surface area contributed by atoms with Gasteiger partial charge < -0.3 is 0 Å². The third-order valence-electron chi connectivity index (χ3n) is 0.675. The summed E-state index contributed by atoms with van der Waals surface area (Å²) in [6.45, 7) is 4.65. The Bertz CT molecular complexity index is 90.0. The zero-order chi connectivity index (χ0) is 6.20. The number of rotatable bonds is 1. The first-order valence-corrected chi connectivity index (χ1v) is 12.5. The lowest BCUT2D eigenvalue weighted by Gasteiger charge is -2.40. The van der Waals surface area contributed by atoms with Gasteiger partial charge in [0.2, 0.25) is 0 Å². The van der Waals surface area contributed by atoms with Crippen molar-refractivity contribution in [3.05, 3.63) is 0 Å². The highest BCUT2D eigenvalue weighted by Gasteiger charge is 2.37. The SMILES string of the molecule is CP1S[P](C)(SS)S1. The highest BCUT2D eigenvalue weighted by molar-refractivity contribution is 9.54. The van der Waals surface area contributed by atoms with Gasteiger partial charge >= 0.3 is 0 Å². The minimum Gasteiger partial charge on any atom is -0.105 e. The molecule has 0 aromatic carbocycles. The molecule has 0 nitrogen and oxygen atoms in total. The quantitative estimate of drug-likeness (QED) is 0.397. The fraction of sp³-hybridized carbons (Fsp3) is 1.00. The van der Waals surface area contributed by atoms with Crippen LogP contribution < -0.4 is 0 Å². The largest absolute Gasteiger partial charge is 0.105 e. The van der Waals surface area contributed by atoms with Gasteiger partial charge in [-0.1, -0.05) is 32.4 Å². The molecule has 1 saturated heterocycles. The van der Waals surface area contributed by atoms with Crippen LogP contribution in [-0.4, -0.2) is 13.3 Å². The number of hydrogen-bond donors (Lipinski definition) is 1. The zero-order valence-electron chi connectivity index (χ0n) is 4.57. The van der Waals surface area contributed by atoms with Crippen LogP contribution in [-0.2, 0) is 0 Å². The molecule has 0 aromatic rings. The lowest BCUT2D eigenvalue weighted by molar-refractivity contribution is 2.47. The molecule has 0 atom stereocenters. The van der Waals surface area contributed by atoms with E-state index in [9.17, 15) is 0 Å². The molecule has 1 heterocycles. The minimum absolute atomic E-state index is 0.302. The highest BCUT2D eigenvalue weighted by atomic mass is 33.8. The summed E-state index contributed by atoms with van der Waals surface area (Å²) in [7, 11) is 1.77. The van der Waals surface area contributed by atoms with Crippen LogP contribution in [0.15, 0.2) is 0 Å². The van der Waals surface area contributed by atoms with Crippen LogP contribution in [0, 0.1) is 0 Å². The molecule has 6 heteroatoms. The molecule has 0 aliphatic carbocycles. The van der Waals surface area contributed by atoms with Crippen molar-refractivity contribution in [2.75, 3.05) is 13.3 Å². The average molecular weight is 221 g/mol. The molecule has 1 rings (SSSR count). The second kappa shape index (κ2) is 3.11. The van der Waals surface area contributed by atoms with E-state index in [2.05, 4.69) is 47.0 Å². The van der Waals surface area contributed by atoms with Crippen molar-refractivity contribution in [3.8, 4) is 0 Å². The van der Waals surface area contributed by atoms with Crippen molar-refractivity contribution in [2.24, 2.45) is 0 Å². The van der Waals surface area contributed by atoms with Crippen LogP contribution in [0.5, 0.6) is 0 Å². The molecule has 0 amide bonds. The van der Waals surface area contributed by atoms with E-state index in [1.54, 1.807) is 10.4 Å². The van der Waals surface area contributed by atoms with Gasteiger partial charge in [-0.2, -0.15) is 0 Å². The monoisotopic (exact) mass is 221 g/mol. The molecule has 8 heavy (non-hydrogen) atoms. The fourth-order valence-corrected chi connectivity index (χ4v) is 37.2. The molecule has 0 unspecified atom stereocenters. The molecule has 1 fully saturated rings. The van der Waals surface area contributed by atoms with Crippen LogP contribution in [0.4, 0.5) is 0 Å². The van der Waals surface area contributed by atoms with Gasteiger partial charge in [0.05, 0.1) is 0 Å². The van der Waals surface area contributed by atoms with Crippen molar-refractivity contribution >= 4 is 55.3 Å². The van der Waals surface area contributed by atoms with Crippen LogP contribution in [0.1, 0.15) is 0 Å². The molecular formula is C2H7P2S4. The maximum absolute atomic E-state index is 4.21. The topological polar surface area (TPSA) is 0 Å². The summed E-state index contributed by atoms with van der Waals surface area (Å²) < 4.78 is 0. The molecule has 1 aliphatic heterocycles. The smallest absolute Gasteiger partial charge is 0.0452 e. The lowest BCUT2D eigenvalue weighted by Crippen LogP contribution is -1.75. The van der Waals surface area contributed by atoms with Gasteiger partial charge in [-0.15, -0.1) is 11.7 Å². The molecule has 0 spiro atoms. The first-order valence-electron chi connectivity index (χ1n) is 1.99. The van der Waals surface area contributed by atoms with Crippen molar-refractivity contribution in [1.29, 1.82) is 0 Å². The van der Waals surface area contributed by atoms with Crippen LogP contribution in [0.25, 0.3) is 0 Å². The van der Waals surface area contributed by atoms with E-state index in [0.717, 1.165) is 0 Å². The summed E-state index contributed by atoms with van der Waals surface area (Å²) in [5, 5.41) is 0. The van der Waals surface area contributed by atoms with E-state index >= 15 is 0 Å². The second-order valence-electron chi connectivity index (χ2n) is 1.46. The van der Waals surface area contributed by atoms with Gasteiger partial charge in [0.25, 0.3) is 0 Å². The molecule has 0 N–H and O–H groups in total. The summed E-state index contributed by atoms with van der Waals surface area (Å²) in [5.74, 6) is 0. The number of hydrogen-bond acceptors (Lipinski definition) is 4.